The second kappa shape index (κ2) is 10.2. The van der Waals surface area contributed by atoms with Crippen LogP contribution in [0.4, 0.5) is 0 Å². The average molecular weight is 510 g/mol. The van der Waals surface area contributed by atoms with E-state index in [-0.39, 0.29) is 23.8 Å². The molecule has 1 saturated carbocycles. The minimum absolute atomic E-state index is 0.0177. The molecule has 2 unspecified atom stereocenters. The first kappa shape index (κ1) is 24.1. The Hall–Kier alpha value is -2.56. The molecule has 1 heterocycles. The molecule has 0 spiro atoms. The number of esters is 1. The highest BCUT2D eigenvalue weighted by Gasteiger charge is 2.42. The van der Waals surface area contributed by atoms with E-state index in [0.717, 1.165) is 36.9 Å². The number of halogens is 2. The van der Waals surface area contributed by atoms with Gasteiger partial charge in [0.05, 0.1) is 15.6 Å². The van der Waals surface area contributed by atoms with Crippen molar-refractivity contribution in [3.8, 4) is 0 Å². The highest BCUT2D eigenvalue weighted by Crippen LogP contribution is 2.48. The van der Waals surface area contributed by atoms with Crippen LogP contribution in [0, 0.1) is 0 Å². The number of allylic oxidation sites excluding steroid dienone is 3. The number of hydrogen-bond acceptors (Lipinski definition) is 4. The van der Waals surface area contributed by atoms with E-state index in [1.807, 2.05) is 37.3 Å². The summed E-state index contributed by atoms with van der Waals surface area (Å²) in [5, 5.41) is 4.17. The lowest BCUT2D eigenvalue weighted by atomic mass is 9.71. The van der Waals surface area contributed by atoms with Crippen molar-refractivity contribution in [3.05, 3.63) is 92.2 Å². The Kier molecular flexibility index (Phi) is 7.04. The van der Waals surface area contributed by atoms with Gasteiger partial charge < -0.3 is 10.1 Å². The number of carbonyl (C=O) groups excluding carboxylic acids is 2. The van der Waals surface area contributed by atoms with Crippen molar-refractivity contribution in [1.82, 2.24) is 5.32 Å². The van der Waals surface area contributed by atoms with Crippen LogP contribution in [0.5, 0.6) is 0 Å². The van der Waals surface area contributed by atoms with E-state index in [2.05, 4.69) is 17.4 Å². The molecule has 1 fully saturated rings. The standard InChI is InChI=1S/C29H29Cl2NO3/c1-17-25(29(34)35-20-11-6-3-7-12-20)26(21-13-8-14-22(30)28(21)31)27-23(32-17)15-19(16-24(27)33)18-9-4-2-5-10-18/h2,4-5,8-10,13-14,19-20,26,32H,3,6-7,11-12,15-16H2,1H3. The lowest BCUT2D eigenvalue weighted by Crippen LogP contribution is -2.37. The van der Waals surface area contributed by atoms with Crippen LogP contribution in [-0.2, 0) is 14.3 Å². The van der Waals surface area contributed by atoms with Crippen molar-refractivity contribution in [2.45, 2.75) is 69.8 Å². The molecular formula is C29H29Cl2NO3. The molecule has 0 saturated heterocycles. The summed E-state index contributed by atoms with van der Waals surface area (Å²) in [6.07, 6.45) is 6.02. The van der Waals surface area contributed by atoms with Crippen LogP contribution in [0.25, 0.3) is 0 Å². The van der Waals surface area contributed by atoms with Gasteiger partial charge in [-0.3, -0.25) is 4.79 Å². The van der Waals surface area contributed by atoms with Crippen LogP contribution in [0.15, 0.2) is 71.1 Å². The van der Waals surface area contributed by atoms with Gasteiger partial charge in [0.1, 0.15) is 6.10 Å². The summed E-state index contributed by atoms with van der Waals surface area (Å²) in [5.74, 6) is -0.900. The van der Waals surface area contributed by atoms with E-state index in [4.69, 9.17) is 27.9 Å². The van der Waals surface area contributed by atoms with Crippen molar-refractivity contribution >= 4 is 35.0 Å². The maximum atomic E-state index is 13.7. The number of ether oxygens (including phenoxy) is 1. The molecule has 4 nitrogen and oxygen atoms in total. The Balaban J connectivity index is 1.56. The number of hydrogen-bond donors (Lipinski definition) is 1. The Morgan fingerprint density at radius 1 is 0.971 bits per heavy atom. The van der Waals surface area contributed by atoms with Gasteiger partial charge in [0, 0.05) is 29.3 Å². The van der Waals surface area contributed by atoms with E-state index in [9.17, 15) is 9.59 Å². The zero-order valence-electron chi connectivity index (χ0n) is 19.8. The van der Waals surface area contributed by atoms with Crippen LogP contribution in [0.1, 0.15) is 74.8 Å². The second-order valence-corrected chi connectivity index (χ2v) is 10.5. The van der Waals surface area contributed by atoms with E-state index < -0.39 is 5.92 Å². The average Bonchev–Trinajstić information content (AvgIpc) is 2.86. The van der Waals surface area contributed by atoms with E-state index in [0.29, 0.717) is 45.3 Å². The van der Waals surface area contributed by atoms with Gasteiger partial charge in [-0.05, 0) is 62.1 Å². The van der Waals surface area contributed by atoms with Crippen LogP contribution in [-0.4, -0.2) is 17.9 Å². The predicted molar refractivity (Wildman–Crippen MR) is 138 cm³/mol. The number of rotatable bonds is 4. The second-order valence-electron chi connectivity index (χ2n) is 9.74. The zero-order valence-corrected chi connectivity index (χ0v) is 21.3. The van der Waals surface area contributed by atoms with Gasteiger partial charge in [-0.2, -0.15) is 0 Å². The first-order chi connectivity index (χ1) is 16.9. The molecule has 2 atom stereocenters. The molecule has 3 aliphatic rings. The fourth-order valence-corrected chi connectivity index (χ4v) is 6.14. The third-order valence-corrected chi connectivity index (χ3v) is 8.27. The molecule has 35 heavy (non-hydrogen) atoms. The van der Waals surface area contributed by atoms with Crippen LogP contribution in [0.3, 0.4) is 0 Å². The molecule has 0 bridgehead atoms. The molecule has 182 valence electrons. The Morgan fingerprint density at radius 2 is 1.71 bits per heavy atom. The van der Waals surface area contributed by atoms with Gasteiger partial charge in [-0.1, -0.05) is 72.1 Å². The van der Waals surface area contributed by atoms with Crippen LogP contribution in [0.2, 0.25) is 10.0 Å². The van der Waals surface area contributed by atoms with Crippen molar-refractivity contribution in [1.29, 1.82) is 0 Å². The summed E-state index contributed by atoms with van der Waals surface area (Å²) in [7, 11) is 0. The molecular weight excluding hydrogens is 481 g/mol. The number of nitrogens with one attached hydrogen (secondary N) is 1. The van der Waals surface area contributed by atoms with Gasteiger partial charge in [0.25, 0.3) is 0 Å². The van der Waals surface area contributed by atoms with Crippen molar-refractivity contribution in [2.75, 3.05) is 0 Å². The fourth-order valence-electron chi connectivity index (χ4n) is 5.72. The molecule has 2 aliphatic carbocycles. The van der Waals surface area contributed by atoms with E-state index in [1.54, 1.807) is 6.07 Å². The molecule has 6 heteroatoms. The highest BCUT2D eigenvalue weighted by molar-refractivity contribution is 6.42. The van der Waals surface area contributed by atoms with Gasteiger partial charge in [0.2, 0.25) is 0 Å². The predicted octanol–water partition coefficient (Wildman–Crippen LogP) is 7.23. The quantitative estimate of drug-likeness (QED) is 0.441. The van der Waals surface area contributed by atoms with E-state index >= 15 is 0 Å². The van der Waals surface area contributed by atoms with Crippen molar-refractivity contribution in [2.24, 2.45) is 0 Å². The first-order valence-corrected chi connectivity index (χ1v) is 13.1. The fraction of sp³-hybridized carbons (Fsp3) is 0.379. The maximum Gasteiger partial charge on any atom is 0.337 e. The summed E-state index contributed by atoms with van der Waals surface area (Å²) in [5.41, 5.74) is 4.40. The molecule has 0 radical (unpaired) electrons. The Morgan fingerprint density at radius 3 is 2.46 bits per heavy atom. The summed E-state index contributed by atoms with van der Waals surface area (Å²) < 4.78 is 5.98. The topological polar surface area (TPSA) is 55.4 Å². The van der Waals surface area contributed by atoms with E-state index in [1.165, 1.54) is 6.42 Å². The minimum atomic E-state index is -0.613. The number of dihydropyridines is 1. The molecule has 5 rings (SSSR count). The number of carbonyl (C=O) groups is 2. The lowest BCUT2D eigenvalue weighted by Gasteiger charge is -2.37. The summed E-state index contributed by atoms with van der Waals surface area (Å²) in [4.78, 5) is 27.3. The molecule has 1 N–H and O–H groups in total. The number of ketones is 1. The summed E-state index contributed by atoms with van der Waals surface area (Å²) in [6.45, 7) is 1.88. The van der Waals surface area contributed by atoms with Gasteiger partial charge in [-0.25, -0.2) is 4.79 Å². The molecule has 2 aromatic carbocycles. The monoisotopic (exact) mass is 509 g/mol. The normalized spacial score (nSPS) is 23.1. The minimum Gasteiger partial charge on any atom is -0.459 e. The number of benzene rings is 2. The maximum absolute atomic E-state index is 13.7. The molecule has 0 amide bonds. The third-order valence-electron chi connectivity index (χ3n) is 7.44. The van der Waals surface area contributed by atoms with Crippen LogP contribution >= 0.6 is 23.2 Å². The van der Waals surface area contributed by atoms with Gasteiger partial charge >= 0.3 is 5.97 Å². The molecule has 0 aromatic heterocycles. The third kappa shape index (κ3) is 4.79. The SMILES string of the molecule is CC1=C(C(=O)OC2CCCCC2)C(c2cccc(Cl)c2Cl)C2=C(CC(c3ccccc3)CC2=O)N1. The summed E-state index contributed by atoms with van der Waals surface area (Å²) in [6, 6.07) is 15.5. The van der Waals surface area contributed by atoms with Gasteiger partial charge in [-0.15, -0.1) is 0 Å². The molecule has 2 aromatic rings. The van der Waals surface area contributed by atoms with Crippen molar-refractivity contribution < 1.29 is 14.3 Å². The van der Waals surface area contributed by atoms with Crippen LogP contribution < -0.4 is 5.32 Å². The highest BCUT2D eigenvalue weighted by atomic mass is 35.5. The smallest absolute Gasteiger partial charge is 0.337 e. The number of Topliss-reactive ketones (excluding diaryl/α,β-unsaturated/α-hetero) is 1. The molecule has 1 aliphatic heterocycles. The first-order valence-electron chi connectivity index (χ1n) is 12.4. The zero-order chi connectivity index (χ0) is 24.5. The largest absolute Gasteiger partial charge is 0.459 e. The summed E-state index contributed by atoms with van der Waals surface area (Å²) >= 11 is 13.1. The lowest BCUT2D eigenvalue weighted by molar-refractivity contribution is -0.146. The van der Waals surface area contributed by atoms with Gasteiger partial charge in [0.15, 0.2) is 5.78 Å². The Bertz CT molecular complexity index is 1210. The Labute approximate surface area is 216 Å². The van der Waals surface area contributed by atoms with Crippen molar-refractivity contribution in [3.63, 3.8) is 0 Å².